The van der Waals surface area contributed by atoms with Gasteiger partial charge in [0.05, 0.1) is 4.92 Å². The lowest BCUT2D eigenvalue weighted by Crippen LogP contribution is -2.01. The summed E-state index contributed by atoms with van der Waals surface area (Å²) in [5.74, 6) is 0. The van der Waals surface area contributed by atoms with Gasteiger partial charge in [-0.25, -0.2) is 0 Å². The summed E-state index contributed by atoms with van der Waals surface area (Å²) < 4.78 is 0. The van der Waals surface area contributed by atoms with Crippen molar-refractivity contribution in [2.45, 2.75) is 26.2 Å². The first-order valence-electron chi connectivity index (χ1n) is 5.09. The summed E-state index contributed by atoms with van der Waals surface area (Å²) in [6.07, 6.45) is 2.54. The van der Waals surface area contributed by atoms with Crippen LogP contribution in [0.3, 0.4) is 0 Å². The average molecular weight is 208 g/mol. The van der Waals surface area contributed by atoms with Gasteiger partial charge < -0.3 is 5.73 Å². The van der Waals surface area contributed by atoms with E-state index in [0.29, 0.717) is 6.54 Å². The van der Waals surface area contributed by atoms with Gasteiger partial charge in [-0.1, -0.05) is 11.6 Å². The molecule has 0 bridgehead atoms. The van der Waals surface area contributed by atoms with Crippen LogP contribution in [-0.4, -0.2) is 11.5 Å². The van der Waals surface area contributed by atoms with Crippen LogP contribution in [0.15, 0.2) is 18.2 Å². The highest BCUT2D eigenvalue weighted by Crippen LogP contribution is 2.21. The van der Waals surface area contributed by atoms with Gasteiger partial charge in [-0.05, 0) is 38.8 Å². The summed E-state index contributed by atoms with van der Waals surface area (Å²) >= 11 is 0. The number of nitro groups is 1. The maximum atomic E-state index is 10.7. The number of unbranched alkanes of at least 4 members (excludes halogenated alkanes) is 1. The van der Waals surface area contributed by atoms with Gasteiger partial charge in [-0.2, -0.15) is 0 Å². The Labute approximate surface area is 89.2 Å². The van der Waals surface area contributed by atoms with Crippen molar-refractivity contribution < 1.29 is 4.92 Å². The Morgan fingerprint density at radius 1 is 1.40 bits per heavy atom. The SMILES string of the molecule is Cc1ccc([N+](=O)[O-])c(CCCCN)c1. The van der Waals surface area contributed by atoms with Gasteiger partial charge in [0.2, 0.25) is 0 Å². The summed E-state index contributed by atoms with van der Waals surface area (Å²) in [5, 5.41) is 10.7. The summed E-state index contributed by atoms with van der Waals surface area (Å²) in [5.41, 5.74) is 7.48. The van der Waals surface area contributed by atoms with Crippen molar-refractivity contribution in [1.82, 2.24) is 0 Å². The highest BCUT2D eigenvalue weighted by Gasteiger charge is 2.12. The maximum Gasteiger partial charge on any atom is 0.272 e. The highest BCUT2D eigenvalue weighted by molar-refractivity contribution is 5.42. The second kappa shape index (κ2) is 5.46. The van der Waals surface area contributed by atoms with Crippen LogP contribution in [0.4, 0.5) is 5.69 Å². The van der Waals surface area contributed by atoms with Crippen LogP contribution in [0.25, 0.3) is 0 Å². The van der Waals surface area contributed by atoms with E-state index in [1.165, 1.54) is 0 Å². The molecular weight excluding hydrogens is 192 g/mol. The van der Waals surface area contributed by atoms with Gasteiger partial charge in [-0.3, -0.25) is 10.1 Å². The first-order valence-corrected chi connectivity index (χ1v) is 5.09. The minimum absolute atomic E-state index is 0.220. The lowest BCUT2D eigenvalue weighted by molar-refractivity contribution is -0.385. The molecule has 0 fully saturated rings. The minimum atomic E-state index is -0.322. The topological polar surface area (TPSA) is 69.2 Å². The van der Waals surface area contributed by atoms with E-state index in [0.717, 1.165) is 30.4 Å². The predicted molar refractivity (Wildman–Crippen MR) is 59.8 cm³/mol. The highest BCUT2D eigenvalue weighted by atomic mass is 16.6. The molecule has 4 nitrogen and oxygen atoms in total. The van der Waals surface area contributed by atoms with Gasteiger partial charge in [0.1, 0.15) is 0 Å². The van der Waals surface area contributed by atoms with E-state index >= 15 is 0 Å². The van der Waals surface area contributed by atoms with E-state index in [2.05, 4.69) is 0 Å². The van der Waals surface area contributed by atoms with Crippen LogP contribution < -0.4 is 5.73 Å². The first-order chi connectivity index (χ1) is 7.15. The molecule has 0 amide bonds. The van der Waals surface area contributed by atoms with Crippen molar-refractivity contribution in [3.05, 3.63) is 39.4 Å². The molecule has 0 aliphatic carbocycles. The molecule has 0 saturated heterocycles. The van der Waals surface area contributed by atoms with E-state index in [4.69, 9.17) is 5.73 Å². The van der Waals surface area contributed by atoms with Crippen LogP contribution in [0, 0.1) is 17.0 Å². The lowest BCUT2D eigenvalue weighted by Gasteiger charge is -2.03. The predicted octanol–water partition coefficient (Wildman–Crippen LogP) is 2.18. The third kappa shape index (κ3) is 3.32. The molecule has 0 unspecified atom stereocenters. The van der Waals surface area contributed by atoms with E-state index in [-0.39, 0.29) is 10.6 Å². The van der Waals surface area contributed by atoms with Crippen LogP contribution in [0.5, 0.6) is 0 Å². The molecule has 0 aliphatic rings. The molecule has 0 atom stereocenters. The van der Waals surface area contributed by atoms with Gasteiger partial charge in [0, 0.05) is 11.6 Å². The summed E-state index contributed by atoms with van der Waals surface area (Å²) in [7, 11) is 0. The van der Waals surface area contributed by atoms with E-state index in [9.17, 15) is 10.1 Å². The Morgan fingerprint density at radius 3 is 2.73 bits per heavy atom. The fourth-order valence-electron chi connectivity index (χ4n) is 1.55. The minimum Gasteiger partial charge on any atom is -0.330 e. The fourth-order valence-corrected chi connectivity index (χ4v) is 1.55. The first kappa shape index (κ1) is 11.7. The standard InChI is InChI=1S/C11H16N2O2/c1-9-5-6-11(13(14)15)10(8-9)4-2-3-7-12/h5-6,8H,2-4,7,12H2,1H3. The zero-order valence-corrected chi connectivity index (χ0v) is 8.90. The number of hydrogen-bond donors (Lipinski definition) is 1. The Morgan fingerprint density at radius 2 is 2.13 bits per heavy atom. The molecule has 0 aromatic heterocycles. The zero-order valence-electron chi connectivity index (χ0n) is 8.90. The molecule has 15 heavy (non-hydrogen) atoms. The van der Waals surface area contributed by atoms with Crippen LogP contribution in [0.2, 0.25) is 0 Å². The number of aryl methyl sites for hydroxylation is 2. The van der Waals surface area contributed by atoms with E-state index < -0.39 is 0 Å². The third-order valence-electron chi connectivity index (χ3n) is 2.33. The van der Waals surface area contributed by atoms with Crippen molar-refractivity contribution in [2.24, 2.45) is 5.73 Å². The second-order valence-electron chi connectivity index (χ2n) is 3.64. The van der Waals surface area contributed by atoms with Gasteiger partial charge in [0.15, 0.2) is 0 Å². The molecule has 0 saturated carbocycles. The number of benzene rings is 1. The van der Waals surface area contributed by atoms with E-state index in [1.54, 1.807) is 12.1 Å². The van der Waals surface area contributed by atoms with Gasteiger partial charge in [0.25, 0.3) is 5.69 Å². The quantitative estimate of drug-likeness (QED) is 0.458. The number of nitrogens with zero attached hydrogens (tertiary/aromatic N) is 1. The number of rotatable bonds is 5. The molecule has 1 aromatic carbocycles. The molecule has 82 valence electrons. The maximum absolute atomic E-state index is 10.7. The molecule has 2 N–H and O–H groups in total. The molecule has 1 aromatic rings. The molecule has 0 spiro atoms. The molecule has 0 aliphatic heterocycles. The zero-order chi connectivity index (χ0) is 11.3. The Kier molecular flexibility index (Phi) is 4.24. The number of hydrogen-bond acceptors (Lipinski definition) is 3. The molecular formula is C11H16N2O2. The molecule has 4 heteroatoms. The fraction of sp³-hybridized carbons (Fsp3) is 0.455. The summed E-state index contributed by atoms with van der Waals surface area (Å²) in [4.78, 5) is 10.4. The number of nitro benzene ring substituents is 1. The van der Waals surface area contributed by atoms with Gasteiger partial charge in [-0.15, -0.1) is 0 Å². The normalized spacial score (nSPS) is 10.3. The molecule has 1 rings (SSSR count). The number of nitrogens with two attached hydrogens (primary N) is 1. The van der Waals surface area contributed by atoms with Crippen LogP contribution >= 0.6 is 0 Å². The largest absolute Gasteiger partial charge is 0.330 e. The molecule has 0 radical (unpaired) electrons. The second-order valence-corrected chi connectivity index (χ2v) is 3.64. The van der Waals surface area contributed by atoms with Crippen LogP contribution in [-0.2, 0) is 6.42 Å². The summed E-state index contributed by atoms with van der Waals surface area (Å²) in [6, 6.07) is 5.23. The van der Waals surface area contributed by atoms with Gasteiger partial charge >= 0.3 is 0 Å². The van der Waals surface area contributed by atoms with E-state index in [1.807, 2.05) is 13.0 Å². The average Bonchev–Trinajstić information content (AvgIpc) is 2.18. The monoisotopic (exact) mass is 208 g/mol. The summed E-state index contributed by atoms with van der Waals surface area (Å²) in [6.45, 7) is 2.58. The Bertz CT molecular complexity index is 350. The Balaban J connectivity index is 2.82. The third-order valence-corrected chi connectivity index (χ3v) is 2.33. The lowest BCUT2D eigenvalue weighted by atomic mass is 10.0. The van der Waals surface area contributed by atoms with Crippen molar-refractivity contribution in [1.29, 1.82) is 0 Å². The van der Waals surface area contributed by atoms with Crippen LogP contribution in [0.1, 0.15) is 24.0 Å². The van der Waals surface area contributed by atoms with Crippen molar-refractivity contribution in [2.75, 3.05) is 6.54 Å². The van der Waals surface area contributed by atoms with Crippen molar-refractivity contribution in [3.8, 4) is 0 Å². The molecule has 0 heterocycles. The van der Waals surface area contributed by atoms with Crippen molar-refractivity contribution >= 4 is 5.69 Å². The Hall–Kier alpha value is -1.42. The van der Waals surface area contributed by atoms with Crippen molar-refractivity contribution in [3.63, 3.8) is 0 Å². The smallest absolute Gasteiger partial charge is 0.272 e.